The van der Waals surface area contributed by atoms with Gasteiger partial charge >= 0.3 is 5.97 Å². The highest BCUT2D eigenvalue weighted by atomic mass is 16.5. The van der Waals surface area contributed by atoms with Crippen LogP contribution in [0.25, 0.3) is 0 Å². The number of ether oxygens (including phenoxy) is 1. The summed E-state index contributed by atoms with van der Waals surface area (Å²) < 4.78 is 5.38. The van der Waals surface area contributed by atoms with Gasteiger partial charge in [-0.2, -0.15) is 0 Å². The van der Waals surface area contributed by atoms with E-state index in [0.717, 1.165) is 16.9 Å². The number of benzene rings is 1. The summed E-state index contributed by atoms with van der Waals surface area (Å²) in [5.74, 6) is -0.624. The Morgan fingerprint density at radius 1 is 1.16 bits per heavy atom. The summed E-state index contributed by atoms with van der Waals surface area (Å²) in [6.07, 6.45) is 0.104. The van der Waals surface area contributed by atoms with Gasteiger partial charge in [-0.15, -0.1) is 0 Å². The van der Waals surface area contributed by atoms with Crippen LogP contribution in [0.1, 0.15) is 39.2 Å². The van der Waals surface area contributed by atoms with Gasteiger partial charge in [0.05, 0.1) is 6.04 Å². The van der Waals surface area contributed by atoms with Crippen LogP contribution in [-0.2, 0) is 19.1 Å². The van der Waals surface area contributed by atoms with Crippen LogP contribution >= 0.6 is 0 Å². The highest BCUT2D eigenvalue weighted by Gasteiger charge is 2.48. The molecule has 0 radical (unpaired) electrons. The number of carbonyl (C=O) groups excluding carboxylic acids is 3. The first-order valence-corrected chi connectivity index (χ1v) is 8.57. The summed E-state index contributed by atoms with van der Waals surface area (Å²) in [6.45, 7) is 6.75. The van der Waals surface area contributed by atoms with Crippen LogP contribution in [0.3, 0.4) is 0 Å². The Hall–Kier alpha value is -2.43. The molecule has 0 spiro atoms. The van der Waals surface area contributed by atoms with Gasteiger partial charge in [0.1, 0.15) is 6.10 Å². The Balaban J connectivity index is 2.14. The fraction of sp³-hybridized carbons (Fsp3) is 0.450. The van der Waals surface area contributed by atoms with Crippen molar-refractivity contribution in [1.29, 1.82) is 0 Å². The van der Waals surface area contributed by atoms with E-state index in [1.807, 2.05) is 43.0 Å². The first-order chi connectivity index (χ1) is 11.8. The number of Topliss-reactive ketones (excluding diaryl/α,β-unsaturated/α-hetero) is 2. The largest absolute Gasteiger partial charge is 0.461 e. The maximum atomic E-state index is 12.8. The Morgan fingerprint density at radius 2 is 1.84 bits per heavy atom. The average molecular weight is 341 g/mol. The molecule has 1 saturated carbocycles. The number of fused-ring (bicyclic) bond motifs is 2. The molecule has 1 heterocycles. The van der Waals surface area contributed by atoms with Crippen molar-refractivity contribution in [2.45, 2.75) is 52.7 Å². The predicted molar refractivity (Wildman–Crippen MR) is 94.1 cm³/mol. The van der Waals surface area contributed by atoms with Gasteiger partial charge in [-0.25, -0.2) is 0 Å². The lowest BCUT2D eigenvalue weighted by atomic mass is 9.72. The standard InChI is InChI=1S/C20H23NO4/c1-11-7-5-6-8-16(11)21-12(2)20(13(3)22)15-9-17(21)18(24)10-19(15)25-14(4)23/h5-8,15,17,19H,9-10H2,1-4H3/t15-,17+,19-/m1/s1. The van der Waals surface area contributed by atoms with Crippen LogP contribution in [0.4, 0.5) is 5.69 Å². The zero-order chi connectivity index (χ0) is 18.3. The molecular formula is C20H23NO4. The van der Waals surface area contributed by atoms with Gasteiger partial charge in [0.25, 0.3) is 0 Å². The van der Waals surface area contributed by atoms with E-state index in [0.29, 0.717) is 12.0 Å². The van der Waals surface area contributed by atoms with Crippen LogP contribution in [0.5, 0.6) is 0 Å². The van der Waals surface area contributed by atoms with E-state index in [1.165, 1.54) is 13.8 Å². The third kappa shape index (κ3) is 2.99. The van der Waals surface area contributed by atoms with Crippen LogP contribution in [0, 0.1) is 12.8 Å². The van der Waals surface area contributed by atoms with Crippen molar-refractivity contribution in [1.82, 2.24) is 0 Å². The molecule has 0 aromatic heterocycles. The minimum Gasteiger partial charge on any atom is -0.461 e. The first kappa shape index (κ1) is 17.4. The first-order valence-electron chi connectivity index (χ1n) is 8.57. The molecule has 2 aliphatic rings. The van der Waals surface area contributed by atoms with Crippen molar-refractivity contribution in [3.05, 3.63) is 41.1 Å². The fourth-order valence-corrected chi connectivity index (χ4v) is 4.22. The molecule has 1 aliphatic heterocycles. The zero-order valence-corrected chi connectivity index (χ0v) is 15.0. The van der Waals surface area contributed by atoms with E-state index in [9.17, 15) is 14.4 Å². The van der Waals surface area contributed by atoms with E-state index < -0.39 is 12.1 Å². The summed E-state index contributed by atoms with van der Waals surface area (Å²) in [6, 6.07) is 7.54. The van der Waals surface area contributed by atoms with E-state index in [4.69, 9.17) is 4.74 Å². The Labute approximate surface area is 147 Å². The number of allylic oxidation sites excluding steroid dienone is 1. The lowest BCUT2D eigenvalue weighted by Gasteiger charge is -2.47. The predicted octanol–water partition coefficient (Wildman–Crippen LogP) is 2.96. The number of carbonyl (C=O) groups is 3. The van der Waals surface area contributed by atoms with Crippen LogP contribution in [0.15, 0.2) is 35.5 Å². The molecule has 1 fully saturated rings. The number of anilines is 1. The summed E-state index contributed by atoms with van der Waals surface area (Å²) in [5, 5.41) is 0. The molecule has 25 heavy (non-hydrogen) atoms. The lowest BCUT2D eigenvalue weighted by molar-refractivity contribution is -0.152. The maximum Gasteiger partial charge on any atom is 0.302 e. The third-order valence-corrected chi connectivity index (χ3v) is 5.21. The summed E-state index contributed by atoms with van der Waals surface area (Å²) in [7, 11) is 0. The van der Waals surface area contributed by atoms with Crippen molar-refractivity contribution in [3.8, 4) is 0 Å². The van der Waals surface area contributed by atoms with E-state index >= 15 is 0 Å². The van der Waals surface area contributed by atoms with E-state index in [-0.39, 0.29) is 29.9 Å². The number of nitrogens with zero attached hydrogens (tertiary/aromatic N) is 1. The molecule has 1 aromatic carbocycles. The van der Waals surface area contributed by atoms with Crippen LogP contribution in [0.2, 0.25) is 0 Å². The summed E-state index contributed by atoms with van der Waals surface area (Å²) in [4.78, 5) is 38.6. The molecule has 0 N–H and O–H groups in total. The highest BCUT2D eigenvalue weighted by molar-refractivity contribution is 5.99. The number of ketones is 2. The molecule has 3 rings (SSSR count). The Kier molecular flexibility index (Phi) is 4.50. The van der Waals surface area contributed by atoms with Gasteiger partial charge in [-0.05, 0) is 38.8 Å². The molecule has 5 nitrogen and oxygen atoms in total. The van der Waals surface area contributed by atoms with Crippen molar-refractivity contribution >= 4 is 23.2 Å². The lowest BCUT2D eigenvalue weighted by Crippen LogP contribution is -2.54. The molecule has 0 unspecified atom stereocenters. The number of para-hydroxylation sites is 1. The molecule has 132 valence electrons. The Bertz CT molecular complexity index is 780. The van der Waals surface area contributed by atoms with Gasteiger partial charge < -0.3 is 9.64 Å². The zero-order valence-electron chi connectivity index (χ0n) is 15.0. The highest BCUT2D eigenvalue weighted by Crippen LogP contribution is 2.43. The molecule has 0 amide bonds. The second kappa shape index (κ2) is 6.47. The molecular weight excluding hydrogens is 318 g/mol. The number of rotatable bonds is 3. The van der Waals surface area contributed by atoms with Crippen LogP contribution in [-0.4, -0.2) is 29.7 Å². The van der Waals surface area contributed by atoms with E-state index in [2.05, 4.69) is 0 Å². The Morgan fingerprint density at radius 3 is 2.44 bits per heavy atom. The monoisotopic (exact) mass is 341 g/mol. The molecule has 5 heteroatoms. The normalized spacial score (nSPS) is 25.8. The van der Waals surface area contributed by atoms with E-state index in [1.54, 1.807) is 0 Å². The van der Waals surface area contributed by atoms with Gasteiger partial charge in [-0.3, -0.25) is 14.4 Å². The average Bonchev–Trinajstić information content (AvgIpc) is 2.52. The quantitative estimate of drug-likeness (QED) is 0.791. The van der Waals surface area contributed by atoms with Gasteiger partial charge in [-0.1, -0.05) is 18.2 Å². The smallest absolute Gasteiger partial charge is 0.302 e. The summed E-state index contributed by atoms with van der Waals surface area (Å²) >= 11 is 0. The van der Waals surface area contributed by atoms with Crippen LogP contribution < -0.4 is 4.90 Å². The minimum atomic E-state index is -0.547. The number of hydrogen-bond acceptors (Lipinski definition) is 5. The number of aryl methyl sites for hydroxylation is 1. The van der Waals surface area contributed by atoms with Gasteiger partial charge in [0.2, 0.25) is 0 Å². The van der Waals surface area contributed by atoms with Crippen molar-refractivity contribution in [2.24, 2.45) is 5.92 Å². The number of esters is 1. The second-order valence-corrected chi connectivity index (χ2v) is 6.89. The van der Waals surface area contributed by atoms with Crippen molar-refractivity contribution < 1.29 is 19.1 Å². The van der Waals surface area contributed by atoms with Gasteiger partial charge in [0, 0.05) is 36.2 Å². The fourth-order valence-electron chi connectivity index (χ4n) is 4.22. The topological polar surface area (TPSA) is 63.7 Å². The van der Waals surface area contributed by atoms with Crippen molar-refractivity contribution in [2.75, 3.05) is 4.90 Å². The molecule has 1 aromatic rings. The molecule has 3 atom stereocenters. The summed E-state index contributed by atoms with van der Waals surface area (Å²) in [5.41, 5.74) is 3.45. The number of hydrogen-bond donors (Lipinski definition) is 0. The molecule has 2 bridgehead atoms. The van der Waals surface area contributed by atoms with Crippen molar-refractivity contribution in [3.63, 3.8) is 0 Å². The maximum absolute atomic E-state index is 12.8. The molecule has 0 saturated heterocycles. The third-order valence-electron chi connectivity index (χ3n) is 5.21. The minimum absolute atomic E-state index is 0.0361. The SMILES string of the molecule is CC(=O)O[C@@H]1CC(=O)[C@@H]2C[C@H]1C(C(C)=O)=C(C)N2c1ccccc1C. The van der Waals surface area contributed by atoms with Gasteiger partial charge in [0.15, 0.2) is 11.6 Å². The molecule has 1 aliphatic carbocycles. The second-order valence-electron chi connectivity index (χ2n) is 6.89.